The van der Waals surface area contributed by atoms with Crippen molar-refractivity contribution in [1.29, 1.82) is 0 Å². The van der Waals surface area contributed by atoms with Gasteiger partial charge in [-0.25, -0.2) is 4.39 Å². The molecule has 2 N–H and O–H groups in total. The zero-order valence-electron chi connectivity index (χ0n) is 11.6. The lowest BCUT2D eigenvalue weighted by atomic mass is 10.3. The van der Waals surface area contributed by atoms with Crippen LogP contribution in [-0.2, 0) is 4.79 Å². The molecular weight excluding hydrogens is 289 g/mol. The molecule has 6 nitrogen and oxygen atoms in total. The third-order valence-corrected chi connectivity index (χ3v) is 2.63. The van der Waals surface area contributed by atoms with Crippen LogP contribution in [0, 0.1) is 5.82 Å². The van der Waals surface area contributed by atoms with Gasteiger partial charge in [0.2, 0.25) is 5.91 Å². The lowest BCUT2D eigenvalue weighted by Crippen LogP contribution is -2.42. The summed E-state index contributed by atoms with van der Waals surface area (Å²) >= 11 is 0. The molecule has 0 saturated heterocycles. The lowest BCUT2D eigenvalue weighted by Gasteiger charge is -2.08. The van der Waals surface area contributed by atoms with Crippen molar-refractivity contribution in [2.45, 2.75) is 6.42 Å². The molecule has 1 aromatic carbocycles. The molecule has 0 atom stereocenters. The van der Waals surface area contributed by atoms with Crippen LogP contribution in [0.2, 0.25) is 0 Å². The predicted octanol–water partition coefficient (Wildman–Crippen LogP) is 1.45. The molecule has 0 unspecified atom stereocenters. The third-order valence-electron chi connectivity index (χ3n) is 2.63. The van der Waals surface area contributed by atoms with E-state index in [1.165, 1.54) is 24.4 Å². The maximum atomic E-state index is 12.9. The van der Waals surface area contributed by atoms with Crippen molar-refractivity contribution in [2.75, 3.05) is 6.61 Å². The number of hydrogen-bond donors (Lipinski definition) is 2. The number of halogens is 1. The Bertz CT molecular complexity index is 649. The minimum absolute atomic E-state index is 0.0177. The van der Waals surface area contributed by atoms with Crippen LogP contribution in [-0.4, -0.2) is 23.4 Å². The van der Waals surface area contributed by atoms with Gasteiger partial charge in [-0.05, 0) is 24.3 Å². The molecular formula is C15H14FN3O3. The summed E-state index contributed by atoms with van der Waals surface area (Å²) in [5.41, 5.74) is 4.85. The second-order valence-corrected chi connectivity index (χ2v) is 4.30. The molecule has 0 aliphatic carbocycles. The van der Waals surface area contributed by atoms with Crippen LogP contribution in [0.4, 0.5) is 4.39 Å². The monoisotopic (exact) mass is 303 g/mol. The van der Waals surface area contributed by atoms with Crippen molar-refractivity contribution < 1.29 is 18.7 Å². The molecule has 0 radical (unpaired) electrons. The largest absolute Gasteiger partial charge is 0.493 e. The Hall–Kier alpha value is -2.96. The zero-order chi connectivity index (χ0) is 15.8. The molecule has 0 aliphatic rings. The van der Waals surface area contributed by atoms with Gasteiger partial charge in [-0.3, -0.25) is 25.4 Å². The van der Waals surface area contributed by atoms with E-state index < -0.39 is 17.6 Å². The molecule has 0 bridgehead atoms. The highest BCUT2D eigenvalue weighted by Crippen LogP contribution is 2.11. The van der Waals surface area contributed by atoms with Gasteiger partial charge in [-0.2, -0.15) is 0 Å². The van der Waals surface area contributed by atoms with Crippen molar-refractivity contribution >= 4 is 11.8 Å². The van der Waals surface area contributed by atoms with E-state index in [0.717, 1.165) is 0 Å². The molecule has 0 fully saturated rings. The number of hydrogen-bond acceptors (Lipinski definition) is 4. The summed E-state index contributed by atoms with van der Waals surface area (Å²) in [5, 5.41) is 0. The fourth-order valence-electron chi connectivity index (χ4n) is 1.58. The van der Waals surface area contributed by atoms with Gasteiger partial charge in [0.25, 0.3) is 5.91 Å². The molecule has 114 valence electrons. The third kappa shape index (κ3) is 4.86. The molecule has 2 aromatic rings. The molecule has 2 rings (SSSR count). The molecule has 7 heteroatoms. The Kier molecular flexibility index (Phi) is 5.42. The van der Waals surface area contributed by atoms with Crippen molar-refractivity contribution in [1.82, 2.24) is 15.8 Å². The van der Waals surface area contributed by atoms with Crippen LogP contribution in [0.3, 0.4) is 0 Å². The van der Waals surface area contributed by atoms with E-state index in [2.05, 4.69) is 15.8 Å². The Balaban J connectivity index is 1.69. The lowest BCUT2D eigenvalue weighted by molar-refractivity contribution is -0.122. The van der Waals surface area contributed by atoms with Crippen molar-refractivity contribution in [3.63, 3.8) is 0 Å². The average Bonchev–Trinajstić information content (AvgIpc) is 2.53. The van der Waals surface area contributed by atoms with Gasteiger partial charge in [0, 0.05) is 18.5 Å². The van der Waals surface area contributed by atoms with E-state index in [4.69, 9.17) is 4.74 Å². The van der Waals surface area contributed by atoms with Crippen LogP contribution in [0.15, 0.2) is 48.8 Å². The van der Waals surface area contributed by atoms with Crippen molar-refractivity contribution in [2.24, 2.45) is 0 Å². The molecule has 0 saturated carbocycles. The Morgan fingerprint density at radius 1 is 1.18 bits per heavy atom. The average molecular weight is 303 g/mol. The van der Waals surface area contributed by atoms with Crippen LogP contribution in [0.1, 0.15) is 16.8 Å². The first kappa shape index (κ1) is 15.4. The number of hydrazine groups is 1. The fraction of sp³-hybridized carbons (Fsp3) is 0.133. The smallest absolute Gasteiger partial charge is 0.271 e. The maximum absolute atomic E-state index is 12.9. The van der Waals surface area contributed by atoms with Crippen LogP contribution >= 0.6 is 0 Å². The molecule has 0 spiro atoms. The summed E-state index contributed by atoms with van der Waals surface area (Å²) in [6.07, 6.45) is 2.94. The highest BCUT2D eigenvalue weighted by atomic mass is 19.1. The number of rotatable bonds is 5. The van der Waals surface area contributed by atoms with Gasteiger partial charge in [0.15, 0.2) is 0 Å². The summed E-state index contributed by atoms with van der Waals surface area (Å²) in [5.74, 6) is -0.959. The predicted molar refractivity (Wildman–Crippen MR) is 76.4 cm³/mol. The van der Waals surface area contributed by atoms with E-state index in [-0.39, 0.29) is 13.0 Å². The van der Waals surface area contributed by atoms with Gasteiger partial charge < -0.3 is 4.74 Å². The molecule has 0 aliphatic heterocycles. The van der Waals surface area contributed by atoms with E-state index in [0.29, 0.717) is 11.3 Å². The number of nitrogens with zero attached hydrogens (tertiary/aromatic N) is 1. The fourth-order valence-corrected chi connectivity index (χ4v) is 1.58. The van der Waals surface area contributed by atoms with Crippen molar-refractivity contribution in [3.8, 4) is 5.75 Å². The first-order valence-corrected chi connectivity index (χ1v) is 6.53. The summed E-state index contributed by atoms with van der Waals surface area (Å²) < 4.78 is 18.1. The highest BCUT2D eigenvalue weighted by molar-refractivity contribution is 5.95. The summed E-state index contributed by atoms with van der Waals surface area (Å²) in [4.78, 5) is 27.0. The minimum Gasteiger partial charge on any atom is -0.493 e. The number of pyridine rings is 1. The van der Waals surface area contributed by atoms with Gasteiger partial charge in [-0.1, -0.05) is 6.07 Å². The van der Waals surface area contributed by atoms with E-state index >= 15 is 0 Å². The molecule has 22 heavy (non-hydrogen) atoms. The number of benzene rings is 1. The number of amides is 2. The summed E-state index contributed by atoms with van der Waals surface area (Å²) in [6.45, 7) is 0.0675. The SMILES string of the molecule is O=C(CCOc1cccc(F)c1)NNC(=O)c1cccnc1. The molecule has 1 aromatic heterocycles. The number of nitrogens with one attached hydrogen (secondary N) is 2. The highest BCUT2D eigenvalue weighted by Gasteiger charge is 2.07. The second kappa shape index (κ2) is 7.72. The van der Waals surface area contributed by atoms with Gasteiger partial charge in [0.1, 0.15) is 11.6 Å². The van der Waals surface area contributed by atoms with E-state index in [1.54, 1.807) is 24.4 Å². The number of carbonyl (C=O) groups is 2. The molecule has 1 heterocycles. The summed E-state index contributed by atoms with van der Waals surface area (Å²) in [7, 11) is 0. The van der Waals surface area contributed by atoms with Gasteiger partial charge >= 0.3 is 0 Å². The second-order valence-electron chi connectivity index (χ2n) is 4.30. The van der Waals surface area contributed by atoms with Gasteiger partial charge in [-0.15, -0.1) is 0 Å². The number of aromatic nitrogens is 1. The first-order valence-electron chi connectivity index (χ1n) is 6.53. The van der Waals surface area contributed by atoms with Crippen LogP contribution < -0.4 is 15.6 Å². The van der Waals surface area contributed by atoms with Crippen molar-refractivity contribution in [3.05, 3.63) is 60.2 Å². The standard InChI is InChI=1S/C15H14FN3O3/c16-12-4-1-5-13(9-12)22-8-6-14(20)18-19-15(21)11-3-2-7-17-10-11/h1-5,7,9-10H,6,8H2,(H,18,20)(H,19,21). The quantitative estimate of drug-likeness (QED) is 0.819. The first-order chi connectivity index (χ1) is 10.6. The number of carbonyl (C=O) groups excluding carboxylic acids is 2. The maximum Gasteiger partial charge on any atom is 0.271 e. The number of ether oxygens (including phenoxy) is 1. The topological polar surface area (TPSA) is 80.3 Å². The van der Waals surface area contributed by atoms with Gasteiger partial charge in [0.05, 0.1) is 18.6 Å². The Morgan fingerprint density at radius 3 is 2.77 bits per heavy atom. The van der Waals surface area contributed by atoms with Crippen LogP contribution in [0.5, 0.6) is 5.75 Å². The Morgan fingerprint density at radius 2 is 2.05 bits per heavy atom. The normalized spacial score (nSPS) is 9.86. The van der Waals surface area contributed by atoms with Crippen LogP contribution in [0.25, 0.3) is 0 Å². The Labute approximate surface area is 126 Å². The zero-order valence-corrected chi connectivity index (χ0v) is 11.6. The van der Waals surface area contributed by atoms with E-state index in [1.807, 2.05) is 0 Å². The minimum atomic E-state index is -0.465. The molecule has 2 amide bonds. The summed E-state index contributed by atoms with van der Waals surface area (Å²) in [6, 6.07) is 8.81. The van der Waals surface area contributed by atoms with E-state index in [9.17, 15) is 14.0 Å².